The van der Waals surface area contributed by atoms with Crippen molar-refractivity contribution in [1.29, 1.82) is 0 Å². The Morgan fingerprint density at radius 3 is 1.54 bits per heavy atom. The molecule has 0 aromatic rings. The smallest absolute Gasteiger partial charge is 0.303 e. The predicted octanol–water partition coefficient (Wildman–Crippen LogP) is 5.54. The first kappa shape index (κ1) is 26.9. The van der Waals surface area contributed by atoms with Crippen molar-refractivity contribution < 1.29 is 19.8 Å². The molecular weight excluding hydrogens is 354 g/mol. The third-order valence-electron chi connectivity index (χ3n) is 5.29. The van der Waals surface area contributed by atoms with Crippen LogP contribution < -0.4 is 0 Å². The zero-order valence-corrected chi connectivity index (χ0v) is 18.3. The highest BCUT2D eigenvalue weighted by molar-refractivity contribution is 5.77. The van der Waals surface area contributed by atoms with Gasteiger partial charge in [-0.3, -0.25) is 9.59 Å². The molecule has 0 rings (SSSR count). The van der Waals surface area contributed by atoms with Gasteiger partial charge < -0.3 is 15.1 Å². The molecule has 0 aliphatic carbocycles. The Bertz CT molecular complexity index is 374. The van der Waals surface area contributed by atoms with Gasteiger partial charge in [-0.2, -0.15) is 0 Å². The van der Waals surface area contributed by atoms with Crippen molar-refractivity contribution in [2.24, 2.45) is 0 Å². The van der Waals surface area contributed by atoms with Crippen LogP contribution in [0.25, 0.3) is 0 Å². The van der Waals surface area contributed by atoms with Gasteiger partial charge >= 0.3 is 5.97 Å². The van der Waals surface area contributed by atoms with Gasteiger partial charge in [0.15, 0.2) is 0 Å². The summed E-state index contributed by atoms with van der Waals surface area (Å²) in [6.45, 7) is 3.24. The van der Waals surface area contributed by atoms with E-state index < -0.39 is 5.97 Å². The molecule has 0 saturated carbocycles. The zero-order chi connectivity index (χ0) is 20.9. The lowest BCUT2D eigenvalue weighted by molar-refractivity contribution is -0.137. The van der Waals surface area contributed by atoms with Crippen molar-refractivity contribution in [3.63, 3.8) is 0 Å². The first-order chi connectivity index (χ1) is 13.6. The number of carboxylic acids is 1. The van der Waals surface area contributed by atoms with Crippen LogP contribution in [0, 0.1) is 0 Å². The SMILES string of the molecule is CCCCCCCCCCCCCCCCN(CCO)C(=O)CCCC(=O)O. The Labute approximate surface area is 172 Å². The van der Waals surface area contributed by atoms with Crippen LogP contribution in [0.1, 0.15) is 116 Å². The summed E-state index contributed by atoms with van der Waals surface area (Å²) < 4.78 is 0. The number of aliphatic hydroxyl groups is 1. The number of rotatable bonds is 21. The first-order valence-electron chi connectivity index (χ1n) is 11.7. The van der Waals surface area contributed by atoms with Gasteiger partial charge in [-0.25, -0.2) is 0 Å². The van der Waals surface area contributed by atoms with Crippen LogP contribution in [0.2, 0.25) is 0 Å². The fraction of sp³-hybridized carbons (Fsp3) is 0.913. The van der Waals surface area contributed by atoms with E-state index in [4.69, 9.17) is 10.2 Å². The minimum absolute atomic E-state index is 0.0254. The molecule has 0 aromatic heterocycles. The van der Waals surface area contributed by atoms with Crippen LogP contribution in [0.4, 0.5) is 0 Å². The Hall–Kier alpha value is -1.10. The molecule has 0 atom stereocenters. The number of nitrogens with zero attached hydrogens (tertiary/aromatic N) is 1. The maximum absolute atomic E-state index is 12.1. The van der Waals surface area contributed by atoms with Crippen LogP contribution in [-0.4, -0.2) is 46.7 Å². The van der Waals surface area contributed by atoms with E-state index in [-0.39, 0.29) is 25.4 Å². The summed E-state index contributed by atoms with van der Waals surface area (Å²) in [6.07, 6.45) is 18.9. The summed E-state index contributed by atoms with van der Waals surface area (Å²) in [5.74, 6) is -0.904. The molecule has 0 radical (unpaired) electrons. The van der Waals surface area contributed by atoms with Gasteiger partial charge in [0.05, 0.1) is 6.61 Å². The monoisotopic (exact) mass is 399 g/mol. The Balaban J connectivity index is 3.52. The molecule has 0 aromatic carbocycles. The molecule has 5 heteroatoms. The highest BCUT2D eigenvalue weighted by Crippen LogP contribution is 2.13. The topological polar surface area (TPSA) is 77.8 Å². The molecule has 1 amide bonds. The Kier molecular flexibility index (Phi) is 19.8. The van der Waals surface area contributed by atoms with Crippen molar-refractivity contribution in [3.8, 4) is 0 Å². The van der Waals surface area contributed by atoms with E-state index >= 15 is 0 Å². The summed E-state index contributed by atoms with van der Waals surface area (Å²) in [5.41, 5.74) is 0. The standard InChI is InChI=1S/C23H45NO4/c1-2-3-4-5-6-7-8-9-10-11-12-13-14-15-19-24(20-21-25)22(26)17-16-18-23(27)28/h25H,2-21H2,1H3,(H,27,28). The molecule has 0 fully saturated rings. The van der Waals surface area contributed by atoms with Crippen LogP contribution in [-0.2, 0) is 9.59 Å². The lowest BCUT2D eigenvalue weighted by Gasteiger charge is -2.21. The Morgan fingerprint density at radius 2 is 1.11 bits per heavy atom. The lowest BCUT2D eigenvalue weighted by Crippen LogP contribution is -2.34. The predicted molar refractivity (Wildman–Crippen MR) is 115 cm³/mol. The molecule has 5 nitrogen and oxygen atoms in total. The molecule has 0 aliphatic heterocycles. The van der Waals surface area contributed by atoms with E-state index in [1.807, 2.05) is 0 Å². The molecule has 0 unspecified atom stereocenters. The van der Waals surface area contributed by atoms with Crippen molar-refractivity contribution >= 4 is 11.9 Å². The summed E-state index contributed by atoms with van der Waals surface area (Å²) in [6, 6.07) is 0. The van der Waals surface area contributed by atoms with Gasteiger partial charge in [0.25, 0.3) is 0 Å². The number of unbranched alkanes of at least 4 members (excludes halogenated alkanes) is 13. The largest absolute Gasteiger partial charge is 0.481 e. The third kappa shape index (κ3) is 18.3. The first-order valence-corrected chi connectivity index (χ1v) is 11.7. The van der Waals surface area contributed by atoms with E-state index in [0.717, 1.165) is 12.8 Å². The van der Waals surface area contributed by atoms with Crippen LogP contribution >= 0.6 is 0 Å². The average Bonchev–Trinajstić information content (AvgIpc) is 2.67. The third-order valence-corrected chi connectivity index (χ3v) is 5.29. The van der Waals surface area contributed by atoms with Crippen molar-refractivity contribution in [1.82, 2.24) is 4.90 Å². The molecule has 166 valence electrons. The van der Waals surface area contributed by atoms with Crippen molar-refractivity contribution in [2.45, 2.75) is 116 Å². The second kappa shape index (κ2) is 20.6. The number of carbonyl (C=O) groups excluding carboxylic acids is 1. The number of carboxylic acid groups (broad SMARTS) is 1. The number of hydrogen-bond acceptors (Lipinski definition) is 3. The maximum atomic E-state index is 12.1. The summed E-state index contributed by atoms with van der Waals surface area (Å²) in [5, 5.41) is 17.8. The summed E-state index contributed by atoms with van der Waals surface area (Å²) in [7, 11) is 0. The van der Waals surface area contributed by atoms with Gasteiger partial charge in [-0.15, -0.1) is 0 Å². The molecule has 0 heterocycles. The minimum atomic E-state index is -0.867. The fourth-order valence-electron chi connectivity index (χ4n) is 3.53. The molecule has 0 aliphatic rings. The lowest BCUT2D eigenvalue weighted by atomic mass is 10.0. The average molecular weight is 400 g/mol. The highest BCUT2D eigenvalue weighted by atomic mass is 16.4. The van der Waals surface area contributed by atoms with E-state index in [1.54, 1.807) is 4.90 Å². The summed E-state index contributed by atoms with van der Waals surface area (Å²) >= 11 is 0. The number of hydrogen-bond donors (Lipinski definition) is 2. The second-order valence-electron chi connectivity index (χ2n) is 7.95. The quantitative estimate of drug-likeness (QED) is 0.248. The molecule has 0 saturated heterocycles. The number of carbonyl (C=O) groups is 2. The highest BCUT2D eigenvalue weighted by Gasteiger charge is 2.12. The van der Waals surface area contributed by atoms with Gasteiger partial charge in [0.2, 0.25) is 5.91 Å². The van der Waals surface area contributed by atoms with Crippen molar-refractivity contribution in [3.05, 3.63) is 0 Å². The second-order valence-corrected chi connectivity index (χ2v) is 7.95. The molecular formula is C23H45NO4. The normalized spacial score (nSPS) is 10.9. The summed E-state index contributed by atoms with van der Waals surface area (Å²) in [4.78, 5) is 24.3. The van der Waals surface area contributed by atoms with E-state index in [2.05, 4.69) is 6.92 Å². The van der Waals surface area contributed by atoms with Crippen molar-refractivity contribution in [2.75, 3.05) is 19.7 Å². The van der Waals surface area contributed by atoms with Gasteiger partial charge in [0.1, 0.15) is 0 Å². The number of amides is 1. The molecule has 0 bridgehead atoms. The molecule has 2 N–H and O–H groups in total. The minimum Gasteiger partial charge on any atom is -0.481 e. The van der Waals surface area contributed by atoms with Gasteiger partial charge in [-0.05, 0) is 12.8 Å². The molecule has 0 spiro atoms. The van der Waals surface area contributed by atoms with Crippen LogP contribution in [0.15, 0.2) is 0 Å². The molecule has 28 heavy (non-hydrogen) atoms. The zero-order valence-electron chi connectivity index (χ0n) is 18.3. The number of aliphatic hydroxyl groups excluding tert-OH is 1. The maximum Gasteiger partial charge on any atom is 0.303 e. The van der Waals surface area contributed by atoms with Gasteiger partial charge in [0, 0.05) is 25.9 Å². The van der Waals surface area contributed by atoms with Crippen LogP contribution in [0.5, 0.6) is 0 Å². The van der Waals surface area contributed by atoms with Gasteiger partial charge in [-0.1, -0.05) is 90.4 Å². The van der Waals surface area contributed by atoms with E-state index in [0.29, 0.717) is 19.5 Å². The Morgan fingerprint density at radius 1 is 0.643 bits per heavy atom. The van der Waals surface area contributed by atoms with Crippen LogP contribution in [0.3, 0.4) is 0 Å². The van der Waals surface area contributed by atoms with E-state index in [1.165, 1.54) is 77.0 Å². The van der Waals surface area contributed by atoms with E-state index in [9.17, 15) is 9.59 Å². The fourth-order valence-corrected chi connectivity index (χ4v) is 3.53. The number of aliphatic carboxylic acids is 1.